The van der Waals surface area contributed by atoms with Crippen molar-refractivity contribution in [1.29, 1.82) is 0 Å². The smallest absolute Gasteiger partial charge is 0.317 e. The summed E-state index contributed by atoms with van der Waals surface area (Å²) in [5.74, 6) is 0.387. The number of nitrogens with one attached hydrogen (secondary N) is 1. The van der Waals surface area contributed by atoms with Gasteiger partial charge in [0.2, 0.25) is 0 Å². The average molecular weight is 319 g/mol. The van der Waals surface area contributed by atoms with Gasteiger partial charge in [-0.2, -0.15) is 0 Å². The average Bonchev–Trinajstić information content (AvgIpc) is 2.82. The second-order valence-corrected chi connectivity index (χ2v) is 6.37. The first-order valence-corrected chi connectivity index (χ1v) is 8.47. The van der Waals surface area contributed by atoms with Crippen molar-refractivity contribution in [3.8, 4) is 0 Å². The standard InChI is InChI=1S/C18H29N3O2/c1-15(2)17(23-3)14-19-18(22)21-11-7-10-20(12-13-21)16-8-5-4-6-9-16/h4-6,8-9,15,17H,7,10-14H2,1-3H3,(H,19,22)/t17-/m1/s1. The number of urea groups is 1. The SMILES string of the molecule is CO[C@H](CNC(=O)N1CCCN(c2ccccc2)CC1)C(C)C. The Labute approximate surface area is 139 Å². The molecule has 0 bridgehead atoms. The summed E-state index contributed by atoms with van der Waals surface area (Å²) < 4.78 is 5.41. The van der Waals surface area contributed by atoms with Crippen LogP contribution in [-0.2, 0) is 4.74 Å². The fraction of sp³-hybridized carbons (Fsp3) is 0.611. The topological polar surface area (TPSA) is 44.8 Å². The number of anilines is 1. The van der Waals surface area contributed by atoms with E-state index in [1.807, 2.05) is 11.0 Å². The molecule has 0 unspecified atom stereocenters. The van der Waals surface area contributed by atoms with Crippen LogP contribution in [0.1, 0.15) is 20.3 Å². The van der Waals surface area contributed by atoms with Crippen molar-refractivity contribution in [2.24, 2.45) is 5.92 Å². The van der Waals surface area contributed by atoms with Crippen molar-refractivity contribution in [2.75, 3.05) is 44.7 Å². The highest BCUT2D eigenvalue weighted by Gasteiger charge is 2.20. The van der Waals surface area contributed by atoms with Crippen molar-refractivity contribution in [2.45, 2.75) is 26.4 Å². The van der Waals surface area contributed by atoms with E-state index in [-0.39, 0.29) is 12.1 Å². The molecule has 5 nitrogen and oxygen atoms in total. The lowest BCUT2D eigenvalue weighted by molar-refractivity contribution is 0.0653. The number of carbonyl (C=O) groups excluding carboxylic acids is 1. The summed E-state index contributed by atoms with van der Waals surface area (Å²) in [4.78, 5) is 16.6. The molecule has 1 heterocycles. The van der Waals surface area contributed by atoms with Crippen LogP contribution < -0.4 is 10.2 Å². The molecule has 0 aromatic heterocycles. The second kappa shape index (κ2) is 8.77. The van der Waals surface area contributed by atoms with Crippen molar-refractivity contribution in [3.05, 3.63) is 30.3 Å². The van der Waals surface area contributed by atoms with Crippen molar-refractivity contribution in [3.63, 3.8) is 0 Å². The maximum absolute atomic E-state index is 12.4. The van der Waals surface area contributed by atoms with Gasteiger partial charge in [0.25, 0.3) is 0 Å². The quantitative estimate of drug-likeness (QED) is 0.907. The molecule has 1 aromatic carbocycles. The van der Waals surface area contributed by atoms with Gasteiger partial charge in [0.1, 0.15) is 0 Å². The van der Waals surface area contributed by atoms with Crippen LogP contribution in [0.25, 0.3) is 0 Å². The molecule has 1 aliphatic heterocycles. The third-order valence-corrected chi connectivity index (χ3v) is 4.41. The largest absolute Gasteiger partial charge is 0.379 e. The highest BCUT2D eigenvalue weighted by molar-refractivity contribution is 5.74. The van der Waals surface area contributed by atoms with E-state index in [4.69, 9.17) is 4.74 Å². The van der Waals surface area contributed by atoms with E-state index in [2.05, 4.69) is 48.3 Å². The van der Waals surface area contributed by atoms with Gasteiger partial charge in [0, 0.05) is 45.5 Å². The van der Waals surface area contributed by atoms with E-state index < -0.39 is 0 Å². The molecule has 0 aliphatic carbocycles. The van der Waals surface area contributed by atoms with Gasteiger partial charge in [-0.1, -0.05) is 32.0 Å². The Kier molecular flexibility index (Phi) is 6.71. The van der Waals surface area contributed by atoms with Crippen LogP contribution in [0.2, 0.25) is 0 Å². The van der Waals surface area contributed by atoms with Crippen LogP contribution in [0.4, 0.5) is 10.5 Å². The number of para-hydroxylation sites is 1. The fourth-order valence-electron chi connectivity index (χ4n) is 2.91. The number of hydrogen-bond donors (Lipinski definition) is 1. The Balaban J connectivity index is 1.84. The molecule has 0 radical (unpaired) electrons. The lowest BCUT2D eigenvalue weighted by Crippen LogP contribution is -2.45. The van der Waals surface area contributed by atoms with Crippen molar-refractivity contribution < 1.29 is 9.53 Å². The molecular formula is C18H29N3O2. The lowest BCUT2D eigenvalue weighted by atomic mass is 10.1. The van der Waals surface area contributed by atoms with Gasteiger partial charge >= 0.3 is 6.03 Å². The summed E-state index contributed by atoms with van der Waals surface area (Å²) in [6.45, 7) is 8.17. The number of nitrogens with zero attached hydrogens (tertiary/aromatic N) is 2. The molecule has 1 fully saturated rings. The first kappa shape index (κ1) is 17.6. The second-order valence-electron chi connectivity index (χ2n) is 6.37. The van der Waals surface area contributed by atoms with Gasteiger partial charge in [-0.05, 0) is 24.5 Å². The molecule has 1 aromatic rings. The summed E-state index contributed by atoms with van der Waals surface area (Å²) in [6.07, 6.45) is 1.05. The minimum atomic E-state index is 0.0163. The lowest BCUT2D eigenvalue weighted by Gasteiger charge is -2.25. The van der Waals surface area contributed by atoms with E-state index in [1.54, 1.807) is 7.11 Å². The maximum Gasteiger partial charge on any atom is 0.317 e. The Bertz CT molecular complexity index is 478. The van der Waals surface area contributed by atoms with Crippen LogP contribution in [0.15, 0.2) is 30.3 Å². The van der Waals surface area contributed by atoms with Crippen LogP contribution in [-0.4, -0.2) is 56.9 Å². The normalized spacial score (nSPS) is 17.0. The maximum atomic E-state index is 12.4. The van der Waals surface area contributed by atoms with Crippen LogP contribution in [0.3, 0.4) is 0 Å². The van der Waals surface area contributed by atoms with E-state index in [0.717, 1.165) is 32.6 Å². The van der Waals surface area contributed by atoms with Gasteiger partial charge in [0.05, 0.1) is 6.10 Å². The van der Waals surface area contributed by atoms with Crippen LogP contribution >= 0.6 is 0 Å². The number of benzene rings is 1. The van der Waals surface area contributed by atoms with E-state index in [0.29, 0.717) is 12.5 Å². The zero-order valence-electron chi connectivity index (χ0n) is 14.5. The van der Waals surface area contributed by atoms with Gasteiger partial charge in [0.15, 0.2) is 0 Å². The van der Waals surface area contributed by atoms with Crippen molar-refractivity contribution in [1.82, 2.24) is 10.2 Å². The summed E-state index contributed by atoms with van der Waals surface area (Å²) in [5, 5.41) is 3.01. The minimum absolute atomic E-state index is 0.0163. The van der Waals surface area contributed by atoms with Gasteiger partial charge in [-0.15, -0.1) is 0 Å². The molecule has 1 N–H and O–H groups in total. The number of rotatable bonds is 5. The van der Waals surface area contributed by atoms with E-state index in [1.165, 1.54) is 5.69 Å². The molecule has 128 valence electrons. The van der Waals surface area contributed by atoms with Crippen LogP contribution in [0.5, 0.6) is 0 Å². The molecule has 1 saturated heterocycles. The monoisotopic (exact) mass is 319 g/mol. The van der Waals surface area contributed by atoms with Gasteiger partial charge < -0.3 is 19.9 Å². The Hall–Kier alpha value is -1.75. The predicted molar refractivity (Wildman–Crippen MR) is 93.9 cm³/mol. The summed E-state index contributed by atoms with van der Waals surface area (Å²) in [5.41, 5.74) is 1.23. The number of methoxy groups -OCH3 is 1. The number of amides is 2. The van der Waals surface area contributed by atoms with Gasteiger partial charge in [-0.25, -0.2) is 4.79 Å². The molecular weight excluding hydrogens is 290 g/mol. The predicted octanol–water partition coefficient (Wildman–Crippen LogP) is 2.58. The number of hydrogen-bond acceptors (Lipinski definition) is 3. The van der Waals surface area contributed by atoms with Crippen molar-refractivity contribution >= 4 is 11.7 Å². The third-order valence-electron chi connectivity index (χ3n) is 4.41. The fourth-order valence-corrected chi connectivity index (χ4v) is 2.91. The number of ether oxygens (including phenoxy) is 1. The third kappa shape index (κ3) is 5.13. The molecule has 23 heavy (non-hydrogen) atoms. The Morgan fingerprint density at radius 3 is 2.57 bits per heavy atom. The number of carbonyl (C=O) groups is 1. The Morgan fingerprint density at radius 1 is 1.17 bits per heavy atom. The molecule has 2 amide bonds. The van der Waals surface area contributed by atoms with Crippen LogP contribution in [0, 0.1) is 5.92 Å². The molecule has 0 saturated carbocycles. The van der Waals surface area contributed by atoms with E-state index in [9.17, 15) is 4.79 Å². The zero-order valence-corrected chi connectivity index (χ0v) is 14.5. The molecule has 0 spiro atoms. The highest BCUT2D eigenvalue weighted by Crippen LogP contribution is 2.15. The van der Waals surface area contributed by atoms with Gasteiger partial charge in [-0.3, -0.25) is 0 Å². The zero-order chi connectivity index (χ0) is 16.7. The minimum Gasteiger partial charge on any atom is -0.379 e. The highest BCUT2D eigenvalue weighted by atomic mass is 16.5. The molecule has 5 heteroatoms. The summed E-state index contributed by atoms with van der Waals surface area (Å²) >= 11 is 0. The molecule has 2 rings (SSSR count). The first-order valence-electron chi connectivity index (χ1n) is 8.47. The van der Waals surface area contributed by atoms with E-state index >= 15 is 0 Å². The Morgan fingerprint density at radius 2 is 1.91 bits per heavy atom. The summed E-state index contributed by atoms with van der Waals surface area (Å²) in [6, 6.07) is 10.4. The first-order chi connectivity index (χ1) is 11.1. The molecule has 1 atom stereocenters. The summed E-state index contributed by atoms with van der Waals surface area (Å²) in [7, 11) is 1.69. The molecule has 1 aliphatic rings.